The van der Waals surface area contributed by atoms with Crippen LogP contribution in [0.5, 0.6) is 0 Å². The predicted octanol–water partition coefficient (Wildman–Crippen LogP) is -0.174. The lowest BCUT2D eigenvalue weighted by atomic mass is 10.8. The van der Waals surface area contributed by atoms with Crippen molar-refractivity contribution in [1.82, 2.24) is 0 Å². The molecule has 7 heavy (non-hydrogen) atoms. The molecule has 0 atom stereocenters. The molecule has 0 N–H and O–H groups in total. The Hall–Kier alpha value is -0.490. The maximum absolute atomic E-state index is 9.98. The Balaban J connectivity index is 3.92. The Morgan fingerprint density at radius 3 is 2.14 bits per heavy atom. The highest BCUT2D eigenvalue weighted by atomic mass is 32.2. The number of sulfone groups is 1. The molecule has 0 aliphatic heterocycles. The van der Waals surface area contributed by atoms with Crippen LogP contribution < -0.4 is 0 Å². The molecule has 0 aromatic rings. The van der Waals surface area contributed by atoms with E-state index in [1.165, 1.54) is 0 Å². The molecule has 0 saturated heterocycles. The van der Waals surface area contributed by atoms with Gasteiger partial charge in [0.2, 0.25) is 0 Å². The maximum atomic E-state index is 9.98. The largest absolute Gasteiger partial charge is 0.228 e. The van der Waals surface area contributed by atoms with Gasteiger partial charge in [0.05, 0.1) is 6.26 Å². The van der Waals surface area contributed by atoms with Gasteiger partial charge in [-0.1, -0.05) is 5.92 Å². The minimum absolute atomic E-state index is 0.271. The topological polar surface area (TPSA) is 34.1 Å². The van der Waals surface area contributed by atoms with Crippen molar-refractivity contribution in [2.45, 2.75) is 0 Å². The number of rotatable bonds is 1. The van der Waals surface area contributed by atoms with Crippen LogP contribution in [0.4, 0.5) is 0 Å². The van der Waals surface area contributed by atoms with E-state index in [2.05, 4.69) is 12.7 Å². The fourth-order valence-corrected chi connectivity index (χ4v) is 0.381. The van der Waals surface area contributed by atoms with Crippen molar-refractivity contribution in [2.24, 2.45) is 0 Å². The first-order valence-corrected chi connectivity index (χ1v) is 3.37. The molecule has 0 aliphatic rings. The molecule has 0 aromatic heterocycles. The summed E-state index contributed by atoms with van der Waals surface area (Å²) in [6.45, 7) is 0. The minimum Gasteiger partial charge on any atom is -0.228 e. The Labute approximate surface area is 43.5 Å². The molecule has 39 valence electrons. The molecule has 0 aliphatic carbocycles. The van der Waals surface area contributed by atoms with Gasteiger partial charge in [-0.05, 0) is 0 Å². The molecule has 0 aromatic carbocycles. The smallest absolute Gasteiger partial charge is 0.162 e. The van der Waals surface area contributed by atoms with E-state index in [1.54, 1.807) is 0 Å². The summed E-state index contributed by atoms with van der Waals surface area (Å²) in [6, 6.07) is 0. The first-order valence-electron chi connectivity index (χ1n) is 1.55. The van der Waals surface area contributed by atoms with Crippen LogP contribution in [-0.4, -0.2) is 14.2 Å². The van der Waals surface area contributed by atoms with Crippen molar-refractivity contribution in [3.8, 4) is 12.3 Å². The van der Waals surface area contributed by atoms with Crippen LogP contribution in [0.25, 0.3) is 0 Å². The van der Waals surface area contributed by atoms with E-state index >= 15 is 0 Å². The molecule has 0 heterocycles. The van der Waals surface area contributed by atoms with Gasteiger partial charge in [0, 0.05) is 0 Å². The van der Waals surface area contributed by atoms with Gasteiger partial charge in [-0.2, -0.15) is 0 Å². The summed E-state index contributed by atoms with van der Waals surface area (Å²) in [7, 11) is -3.16. The van der Waals surface area contributed by atoms with E-state index in [4.69, 9.17) is 0 Å². The number of hydrogen-bond acceptors (Lipinski definition) is 2. The number of hydrogen-bond donors (Lipinski definition) is 0. The lowest BCUT2D eigenvalue weighted by Crippen LogP contribution is -1.95. The minimum atomic E-state index is -3.16. The molecule has 0 rings (SSSR count). The average Bonchev–Trinajstić information content (AvgIpc) is 1.30. The van der Waals surface area contributed by atoms with Crippen molar-refractivity contribution in [2.75, 3.05) is 5.75 Å². The molecule has 0 bridgehead atoms. The fraction of sp³-hybridized carbons (Fsp3) is 0.250. The van der Waals surface area contributed by atoms with Crippen LogP contribution >= 0.6 is 0 Å². The maximum Gasteiger partial charge on any atom is 0.162 e. The summed E-state index contributed by atoms with van der Waals surface area (Å²) in [5.41, 5.74) is 0. The molecular formula is C4H5O2S. The molecule has 0 spiro atoms. The van der Waals surface area contributed by atoms with E-state index in [0.717, 1.165) is 0 Å². The second-order valence-electron chi connectivity index (χ2n) is 1.09. The standard InChI is InChI=1S/C4H5O2S/c1-3-4-7(2,5)6/h1H,2,4H2. The van der Waals surface area contributed by atoms with Gasteiger partial charge in [0.15, 0.2) is 9.84 Å². The zero-order valence-corrected chi connectivity index (χ0v) is 4.53. The fourth-order valence-electron chi connectivity index (χ4n) is 0.127. The summed E-state index contributed by atoms with van der Waals surface area (Å²) < 4.78 is 20.0. The quantitative estimate of drug-likeness (QED) is 0.447. The molecule has 0 fully saturated rings. The molecule has 1 radical (unpaired) electrons. The first kappa shape index (κ1) is 6.51. The first-order chi connectivity index (χ1) is 3.06. The third kappa shape index (κ3) is 5.51. The van der Waals surface area contributed by atoms with Crippen molar-refractivity contribution in [1.29, 1.82) is 0 Å². The monoisotopic (exact) mass is 117 g/mol. The van der Waals surface area contributed by atoms with Gasteiger partial charge in [-0.3, -0.25) is 0 Å². The third-order valence-electron chi connectivity index (χ3n) is 0.303. The molecule has 0 unspecified atom stereocenters. The van der Waals surface area contributed by atoms with Crippen molar-refractivity contribution >= 4 is 9.84 Å². The van der Waals surface area contributed by atoms with Crippen LogP contribution in [0.15, 0.2) is 0 Å². The van der Waals surface area contributed by atoms with Crippen molar-refractivity contribution in [3.05, 3.63) is 6.26 Å². The molecule has 0 amide bonds. The SMILES string of the molecule is C#CCS([CH2])(=O)=O. The highest BCUT2D eigenvalue weighted by molar-refractivity contribution is 7.92. The van der Waals surface area contributed by atoms with Crippen LogP contribution in [-0.2, 0) is 9.84 Å². The summed E-state index contributed by atoms with van der Waals surface area (Å²) >= 11 is 0. The Kier molecular flexibility index (Phi) is 1.85. The van der Waals surface area contributed by atoms with Crippen molar-refractivity contribution < 1.29 is 8.42 Å². The lowest BCUT2D eigenvalue weighted by molar-refractivity contribution is 0.607. The van der Waals surface area contributed by atoms with Gasteiger partial charge in [0.25, 0.3) is 0 Å². The molecular weight excluding hydrogens is 112 g/mol. The Morgan fingerprint density at radius 1 is 1.71 bits per heavy atom. The highest BCUT2D eigenvalue weighted by Crippen LogP contribution is 1.79. The Bertz CT molecular complexity index is 170. The van der Waals surface area contributed by atoms with Crippen LogP contribution in [0.1, 0.15) is 0 Å². The predicted molar refractivity (Wildman–Crippen MR) is 28.0 cm³/mol. The van der Waals surface area contributed by atoms with Gasteiger partial charge in [0.1, 0.15) is 5.75 Å². The number of terminal acetylenes is 1. The van der Waals surface area contributed by atoms with Gasteiger partial charge in [-0.25, -0.2) is 8.42 Å². The normalized spacial score (nSPS) is 10.3. The molecule has 3 heteroatoms. The van der Waals surface area contributed by atoms with Crippen molar-refractivity contribution in [3.63, 3.8) is 0 Å². The summed E-state index contributed by atoms with van der Waals surface area (Å²) in [5.74, 6) is 1.69. The average molecular weight is 117 g/mol. The van der Waals surface area contributed by atoms with Gasteiger partial charge >= 0.3 is 0 Å². The van der Waals surface area contributed by atoms with E-state index in [-0.39, 0.29) is 5.75 Å². The van der Waals surface area contributed by atoms with Crippen LogP contribution in [0, 0.1) is 18.6 Å². The molecule has 0 saturated carbocycles. The zero-order valence-electron chi connectivity index (χ0n) is 3.72. The van der Waals surface area contributed by atoms with E-state index < -0.39 is 9.84 Å². The van der Waals surface area contributed by atoms with Gasteiger partial charge in [-0.15, -0.1) is 6.42 Å². The second-order valence-corrected chi connectivity index (χ2v) is 2.87. The summed E-state index contributed by atoms with van der Waals surface area (Å²) in [6.07, 6.45) is 7.44. The van der Waals surface area contributed by atoms with E-state index in [9.17, 15) is 8.42 Å². The van der Waals surface area contributed by atoms with E-state index in [1.807, 2.05) is 5.92 Å². The third-order valence-corrected chi connectivity index (χ3v) is 0.910. The molecule has 2 nitrogen and oxygen atoms in total. The van der Waals surface area contributed by atoms with Crippen LogP contribution in [0.3, 0.4) is 0 Å². The lowest BCUT2D eigenvalue weighted by Gasteiger charge is -1.80. The zero-order chi connectivity index (χ0) is 5.91. The van der Waals surface area contributed by atoms with Crippen LogP contribution in [0.2, 0.25) is 0 Å². The Morgan fingerprint density at radius 2 is 2.14 bits per heavy atom. The van der Waals surface area contributed by atoms with Gasteiger partial charge < -0.3 is 0 Å². The summed E-state index contributed by atoms with van der Waals surface area (Å²) in [4.78, 5) is 0. The second kappa shape index (κ2) is 1.99. The van der Waals surface area contributed by atoms with E-state index in [0.29, 0.717) is 0 Å². The highest BCUT2D eigenvalue weighted by Gasteiger charge is 1.94. The summed E-state index contributed by atoms with van der Waals surface area (Å²) in [5, 5.41) is 0.